The molecule has 1 unspecified atom stereocenters. The van der Waals surface area contributed by atoms with Crippen LogP contribution in [0.1, 0.15) is 32.6 Å². The molecule has 0 radical (unpaired) electrons. The molecule has 1 aliphatic rings. The highest BCUT2D eigenvalue weighted by Gasteiger charge is 2.29. The number of likely N-dealkylation sites (N-methyl/N-ethyl adjacent to an activating group) is 1. The molecule has 1 aliphatic carbocycles. The first-order valence-electron chi connectivity index (χ1n) is 5.62. The molecule has 0 bridgehead atoms. The average Bonchev–Trinajstić information content (AvgIpc) is 3.02. The maximum absolute atomic E-state index is 8.86. The molecular formula is C11H21N3. The summed E-state index contributed by atoms with van der Waals surface area (Å²) < 4.78 is 0. The second-order valence-electron chi connectivity index (χ2n) is 4.05. The SMILES string of the molecule is CCCCN(CC(C#N)NC)C1CC1. The minimum atomic E-state index is -0.00699. The fourth-order valence-electron chi connectivity index (χ4n) is 1.65. The Balaban J connectivity index is 2.30. The Hall–Kier alpha value is -0.590. The van der Waals surface area contributed by atoms with Gasteiger partial charge in [-0.05, 0) is 32.9 Å². The lowest BCUT2D eigenvalue weighted by Gasteiger charge is -2.23. The van der Waals surface area contributed by atoms with Crippen LogP contribution in [0, 0.1) is 11.3 Å². The van der Waals surface area contributed by atoms with E-state index in [1.165, 1.54) is 25.7 Å². The molecule has 0 aromatic rings. The predicted octanol–water partition coefficient (Wildman–Crippen LogP) is 1.36. The molecule has 0 saturated heterocycles. The summed E-state index contributed by atoms with van der Waals surface area (Å²) in [5.41, 5.74) is 0. The van der Waals surface area contributed by atoms with Crippen molar-refractivity contribution in [2.75, 3.05) is 20.1 Å². The van der Waals surface area contributed by atoms with E-state index in [0.717, 1.165) is 19.1 Å². The first-order chi connectivity index (χ1) is 6.81. The number of rotatable bonds is 7. The van der Waals surface area contributed by atoms with Crippen molar-refractivity contribution in [3.63, 3.8) is 0 Å². The first kappa shape index (κ1) is 11.5. The van der Waals surface area contributed by atoms with Crippen LogP contribution in [-0.4, -0.2) is 37.1 Å². The van der Waals surface area contributed by atoms with Crippen molar-refractivity contribution in [3.8, 4) is 6.07 Å². The number of nitrogens with zero attached hydrogens (tertiary/aromatic N) is 2. The van der Waals surface area contributed by atoms with Crippen molar-refractivity contribution in [3.05, 3.63) is 0 Å². The lowest BCUT2D eigenvalue weighted by Crippen LogP contribution is -2.40. The van der Waals surface area contributed by atoms with Crippen molar-refractivity contribution in [1.82, 2.24) is 10.2 Å². The molecule has 0 aromatic carbocycles. The van der Waals surface area contributed by atoms with E-state index in [0.29, 0.717) is 0 Å². The lowest BCUT2D eigenvalue weighted by atomic mass is 10.2. The number of hydrogen-bond donors (Lipinski definition) is 1. The molecule has 0 heterocycles. The summed E-state index contributed by atoms with van der Waals surface area (Å²) in [5.74, 6) is 0. The smallest absolute Gasteiger partial charge is 0.108 e. The van der Waals surface area contributed by atoms with E-state index in [4.69, 9.17) is 5.26 Å². The molecule has 3 heteroatoms. The summed E-state index contributed by atoms with van der Waals surface area (Å²) in [7, 11) is 1.86. The van der Waals surface area contributed by atoms with Crippen LogP contribution in [0.25, 0.3) is 0 Å². The van der Waals surface area contributed by atoms with Gasteiger partial charge >= 0.3 is 0 Å². The van der Waals surface area contributed by atoms with Crippen LogP contribution in [0.2, 0.25) is 0 Å². The molecule has 0 amide bonds. The van der Waals surface area contributed by atoms with Gasteiger partial charge in [-0.15, -0.1) is 0 Å². The van der Waals surface area contributed by atoms with Gasteiger partial charge in [0, 0.05) is 12.6 Å². The van der Waals surface area contributed by atoms with Crippen LogP contribution in [0.15, 0.2) is 0 Å². The van der Waals surface area contributed by atoms with Gasteiger partial charge in [0.1, 0.15) is 6.04 Å². The Bertz CT molecular complexity index is 193. The van der Waals surface area contributed by atoms with E-state index in [-0.39, 0.29) is 6.04 Å². The second-order valence-corrected chi connectivity index (χ2v) is 4.05. The van der Waals surface area contributed by atoms with E-state index in [1.807, 2.05) is 7.05 Å². The third-order valence-electron chi connectivity index (χ3n) is 2.78. The first-order valence-corrected chi connectivity index (χ1v) is 5.62. The summed E-state index contributed by atoms with van der Waals surface area (Å²) in [4.78, 5) is 2.47. The third-order valence-corrected chi connectivity index (χ3v) is 2.78. The van der Waals surface area contributed by atoms with Crippen LogP contribution in [0.3, 0.4) is 0 Å². The standard InChI is InChI=1S/C11H21N3/c1-3-4-7-14(11-5-6-11)9-10(8-12)13-2/h10-11,13H,3-7,9H2,1-2H3. The molecule has 80 valence electrons. The fraction of sp³-hybridized carbons (Fsp3) is 0.909. The quantitative estimate of drug-likeness (QED) is 0.666. The van der Waals surface area contributed by atoms with Gasteiger partial charge in [0.15, 0.2) is 0 Å². The number of nitriles is 1. The normalized spacial score (nSPS) is 18.1. The zero-order valence-corrected chi connectivity index (χ0v) is 9.29. The number of unbranched alkanes of at least 4 members (excludes halogenated alkanes) is 1. The minimum Gasteiger partial charge on any atom is -0.304 e. The molecule has 1 saturated carbocycles. The summed E-state index contributed by atoms with van der Waals surface area (Å²) in [6.07, 6.45) is 5.13. The Morgan fingerprint density at radius 1 is 1.57 bits per heavy atom. The zero-order valence-electron chi connectivity index (χ0n) is 9.29. The number of nitrogens with one attached hydrogen (secondary N) is 1. The molecular weight excluding hydrogens is 174 g/mol. The summed E-state index contributed by atoms with van der Waals surface area (Å²) >= 11 is 0. The zero-order chi connectivity index (χ0) is 10.4. The van der Waals surface area contributed by atoms with E-state index in [1.54, 1.807) is 0 Å². The lowest BCUT2D eigenvalue weighted by molar-refractivity contribution is 0.247. The van der Waals surface area contributed by atoms with Gasteiger partial charge in [0.25, 0.3) is 0 Å². The highest BCUT2D eigenvalue weighted by Crippen LogP contribution is 2.27. The van der Waals surface area contributed by atoms with Crippen LogP contribution in [0.5, 0.6) is 0 Å². The third kappa shape index (κ3) is 3.65. The van der Waals surface area contributed by atoms with Crippen LogP contribution < -0.4 is 5.32 Å². The van der Waals surface area contributed by atoms with Crippen molar-refractivity contribution >= 4 is 0 Å². The van der Waals surface area contributed by atoms with Crippen molar-refractivity contribution in [1.29, 1.82) is 5.26 Å². The van der Waals surface area contributed by atoms with Crippen molar-refractivity contribution < 1.29 is 0 Å². The Kier molecular flexibility index (Phi) is 4.92. The topological polar surface area (TPSA) is 39.1 Å². The highest BCUT2D eigenvalue weighted by atomic mass is 15.2. The van der Waals surface area contributed by atoms with E-state index in [2.05, 4.69) is 23.2 Å². The van der Waals surface area contributed by atoms with E-state index < -0.39 is 0 Å². The van der Waals surface area contributed by atoms with Gasteiger partial charge in [0.2, 0.25) is 0 Å². The van der Waals surface area contributed by atoms with Crippen molar-refractivity contribution in [2.24, 2.45) is 0 Å². The number of hydrogen-bond acceptors (Lipinski definition) is 3. The minimum absolute atomic E-state index is 0.00699. The van der Waals surface area contributed by atoms with E-state index >= 15 is 0 Å². The summed E-state index contributed by atoms with van der Waals surface area (Å²) in [5, 5.41) is 11.9. The fourth-order valence-corrected chi connectivity index (χ4v) is 1.65. The second kappa shape index (κ2) is 6.00. The van der Waals surface area contributed by atoms with Gasteiger partial charge in [-0.2, -0.15) is 5.26 Å². The molecule has 0 spiro atoms. The molecule has 1 N–H and O–H groups in total. The van der Waals surface area contributed by atoms with Crippen LogP contribution in [-0.2, 0) is 0 Å². The Labute approximate surface area is 87.1 Å². The highest BCUT2D eigenvalue weighted by molar-refractivity contribution is 4.94. The monoisotopic (exact) mass is 195 g/mol. The van der Waals surface area contributed by atoms with Gasteiger partial charge < -0.3 is 5.32 Å². The molecule has 1 atom stereocenters. The molecule has 0 aliphatic heterocycles. The molecule has 1 fully saturated rings. The van der Waals surface area contributed by atoms with Gasteiger partial charge in [-0.1, -0.05) is 13.3 Å². The van der Waals surface area contributed by atoms with Gasteiger partial charge in [-0.3, -0.25) is 4.90 Å². The van der Waals surface area contributed by atoms with Crippen LogP contribution in [0.4, 0.5) is 0 Å². The average molecular weight is 195 g/mol. The summed E-state index contributed by atoms with van der Waals surface area (Å²) in [6, 6.07) is 3.05. The Morgan fingerprint density at radius 2 is 2.29 bits per heavy atom. The largest absolute Gasteiger partial charge is 0.304 e. The van der Waals surface area contributed by atoms with Crippen molar-refractivity contribution in [2.45, 2.75) is 44.7 Å². The maximum atomic E-state index is 8.86. The summed E-state index contributed by atoms with van der Waals surface area (Å²) in [6.45, 7) is 4.25. The molecule has 14 heavy (non-hydrogen) atoms. The Morgan fingerprint density at radius 3 is 2.71 bits per heavy atom. The van der Waals surface area contributed by atoms with Crippen LogP contribution >= 0.6 is 0 Å². The van der Waals surface area contributed by atoms with Gasteiger partial charge in [0.05, 0.1) is 6.07 Å². The maximum Gasteiger partial charge on any atom is 0.108 e. The van der Waals surface area contributed by atoms with Gasteiger partial charge in [-0.25, -0.2) is 0 Å². The molecule has 1 rings (SSSR count). The molecule has 3 nitrogen and oxygen atoms in total. The van der Waals surface area contributed by atoms with E-state index in [9.17, 15) is 0 Å². The predicted molar refractivity (Wildman–Crippen MR) is 58.0 cm³/mol. The molecule has 0 aromatic heterocycles.